The van der Waals surface area contributed by atoms with Crippen molar-refractivity contribution in [2.24, 2.45) is 4.36 Å². The van der Waals surface area contributed by atoms with Crippen LogP contribution in [0.25, 0.3) is 0 Å². The van der Waals surface area contributed by atoms with Crippen molar-refractivity contribution in [2.75, 3.05) is 6.26 Å². The van der Waals surface area contributed by atoms with Crippen LogP contribution >= 0.6 is 0 Å². The van der Waals surface area contributed by atoms with E-state index in [1.807, 2.05) is 0 Å². The first-order chi connectivity index (χ1) is 6.93. The van der Waals surface area contributed by atoms with E-state index < -0.39 is 22.7 Å². The molecule has 1 atom stereocenters. The maximum absolute atomic E-state index is 13.8. The van der Waals surface area contributed by atoms with Gasteiger partial charge in [-0.15, -0.1) is 0 Å². The highest BCUT2D eigenvalue weighted by Crippen LogP contribution is 2.27. The van der Waals surface area contributed by atoms with Crippen LogP contribution in [0.15, 0.2) is 21.4 Å². The van der Waals surface area contributed by atoms with Gasteiger partial charge in [0.05, 0.1) is 21.2 Å². The molecule has 0 bridgehead atoms. The highest BCUT2D eigenvalue weighted by molar-refractivity contribution is 7.93. The third-order valence-corrected chi connectivity index (χ3v) is 4.17. The SMILES string of the molecule is CS1(=O)=NCc2ccc(B(O)O)c(F)c21. The van der Waals surface area contributed by atoms with Gasteiger partial charge in [0.1, 0.15) is 5.82 Å². The van der Waals surface area contributed by atoms with Crippen molar-refractivity contribution < 1.29 is 18.6 Å². The maximum atomic E-state index is 13.8. The number of nitrogens with zero attached hydrogens (tertiary/aromatic N) is 1. The van der Waals surface area contributed by atoms with Crippen LogP contribution in [0.3, 0.4) is 0 Å². The fourth-order valence-corrected chi connectivity index (χ4v) is 3.19. The Morgan fingerprint density at radius 3 is 2.80 bits per heavy atom. The number of halogens is 1. The Morgan fingerprint density at radius 1 is 1.53 bits per heavy atom. The van der Waals surface area contributed by atoms with Gasteiger partial charge in [0.2, 0.25) is 0 Å². The van der Waals surface area contributed by atoms with Crippen LogP contribution in [-0.2, 0) is 16.3 Å². The van der Waals surface area contributed by atoms with Crippen molar-refractivity contribution in [1.29, 1.82) is 0 Å². The zero-order chi connectivity index (χ0) is 11.2. The second-order valence-corrected chi connectivity index (χ2v) is 5.69. The summed E-state index contributed by atoms with van der Waals surface area (Å²) < 4.78 is 29.4. The molecule has 0 amide bonds. The Bertz CT molecular complexity index is 537. The molecular weight excluding hydrogens is 220 g/mol. The fourth-order valence-electron chi connectivity index (χ4n) is 1.60. The minimum absolute atomic E-state index is 0.00750. The lowest BCUT2D eigenvalue weighted by atomic mass is 9.79. The topological polar surface area (TPSA) is 69.9 Å². The molecule has 0 fully saturated rings. The highest BCUT2D eigenvalue weighted by Gasteiger charge is 2.28. The minimum atomic E-state index is -2.71. The molecule has 7 heteroatoms. The molecule has 1 aliphatic heterocycles. The standard InChI is InChI=1S/C8H9BFNO3S/c1-15(14)8-5(4-11-15)2-3-6(7(8)10)9(12)13/h2-3,12-13H,4H2,1H3. The second-order valence-electron chi connectivity index (χ2n) is 3.42. The van der Waals surface area contributed by atoms with E-state index in [4.69, 9.17) is 10.0 Å². The molecule has 4 nitrogen and oxygen atoms in total. The molecule has 1 aliphatic rings. The van der Waals surface area contributed by atoms with Crippen LogP contribution in [0.1, 0.15) is 5.56 Å². The van der Waals surface area contributed by atoms with Gasteiger partial charge in [-0.1, -0.05) is 12.1 Å². The van der Waals surface area contributed by atoms with E-state index in [1.54, 1.807) is 0 Å². The van der Waals surface area contributed by atoms with Gasteiger partial charge in [-0.25, -0.2) is 13.0 Å². The van der Waals surface area contributed by atoms with Gasteiger partial charge >= 0.3 is 7.12 Å². The molecule has 2 N–H and O–H groups in total. The van der Waals surface area contributed by atoms with Gasteiger partial charge in [-0.05, 0) is 5.56 Å². The van der Waals surface area contributed by atoms with E-state index >= 15 is 0 Å². The van der Waals surface area contributed by atoms with Gasteiger partial charge in [-0.3, -0.25) is 0 Å². The molecule has 1 heterocycles. The zero-order valence-electron chi connectivity index (χ0n) is 7.98. The number of hydrogen-bond acceptors (Lipinski definition) is 4. The average Bonchev–Trinajstić information content (AvgIpc) is 2.42. The smallest absolute Gasteiger partial charge is 0.423 e. The monoisotopic (exact) mass is 229 g/mol. The van der Waals surface area contributed by atoms with E-state index in [9.17, 15) is 8.60 Å². The summed E-state index contributed by atoms with van der Waals surface area (Å²) in [6, 6.07) is 2.79. The predicted molar refractivity (Wildman–Crippen MR) is 54.7 cm³/mol. The van der Waals surface area contributed by atoms with Crippen LogP contribution in [0, 0.1) is 5.82 Å². The molecule has 0 aliphatic carbocycles. The van der Waals surface area contributed by atoms with Crippen LogP contribution in [-0.4, -0.2) is 27.6 Å². The molecule has 1 aromatic rings. The molecule has 1 aromatic carbocycles. The largest absolute Gasteiger partial charge is 0.491 e. The third kappa shape index (κ3) is 1.56. The number of rotatable bonds is 1. The summed E-state index contributed by atoms with van der Waals surface area (Å²) in [7, 11) is -4.61. The zero-order valence-corrected chi connectivity index (χ0v) is 8.79. The number of hydrogen-bond donors (Lipinski definition) is 2. The minimum Gasteiger partial charge on any atom is -0.423 e. The van der Waals surface area contributed by atoms with Crippen molar-refractivity contribution in [3.63, 3.8) is 0 Å². The highest BCUT2D eigenvalue weighted by atomic mass is 32.2. The van der Waals surface area contributed by atoms with Gasteiger partial charge in [-0.2, -0.15) is 0 Å². The van der Waals surface area contributed by atoms with Crippen LogP contribution in [0.5, 0.6) is 0 Å². The van der Waals surface area contributed by atoms with Crippen molar-refractivity contribution >= 4 is 22.3 Å². The number of benzene rings is 1. The Balaban J connectivity index is 2.74. The first kappa shape index (κ1) is 10.6. The van der Waals surface area contributed by atoms with Crippen molar-refractivity contribution in [2.45, 2.75) is 11.4 Å². The predicted octanol–water partition coefficient (Wildman–Crippen LogP) is -0.524. The lowest BCUT2D eigenvalue weighted by Gasteiger charge is -2.07. The first-order valence-electron chi connectivity index (χ1n) is 4.29. The summed E-state index contributed by atoms with van der Waals surface area (Å²) in [6.45, 7) is 0.212. The van der Waals surface area contributed by atoms with Crippen LogP contribution in [0.4, 0.5) is 4.39 Å². The molecule has 0 aromatic heterocycles. The van der Waals surface area contributed by atoms with E-state index in [0.29, 0.717) is 5.56 Å². The van der Waals surface area contributed by atoms with E-state index in [2.05, 4.69) is 4.36 Å². The third-order valence-electron chi connectivity index (χ3n) is 2.35. The van der Waals surface area contributed by atoms with Crippen molar-refractivity contribution in [3.05, 3.63) is 23.5 Å². The molecule has 0 saturated carbocycles. The molecule has 2 rings (SSSR count). The van der Waals surface area contributed by atoms with E-state index in [0.717, 1.165) is 0 Å². The summed E-state index contributed by atoms with van der Waals surface area (Å²) in [5, 5.41) is 17.8. The summed E-state index contributed by atoms with van der Waals surface area (Å²) in [5.74, 6) is -0.823. The quantitative estimate of drug-likeness (QED) is 0.636. The molecule has 80 valence electrons. The van der Waals surface area contributed by atoms with Gasteiger partial charge in [0.15, 0.2) is 0 Å². The number of fused-ring (bicyclic) bond motifs is 1. The maximum Gasteiger partial charge on any atom is 0.491 e. The van der Waals surface area contributed by atoms with Crippen molar-refractivity contribution in [1.82, 2.24) is 0 Å². The lowest BCUT2D eigenvalue weighted by molar-refractivity contribution is 0.422. The van der Waals surface area contributed by atoms with Gasteiger partial charge in [0.25, 0.3) is 0 Å². The van der Waals surface area contributed by atoms with Crippen LogP contribution < -0.4 is 5.46 Å². The lowest BCUT2D eigenvalue weighted by Crippen LogP contribution is -2.33. The van der Waals surface area contributed by atoms with Gasteiger partial charge in [0, 0.05) is 11.7 Å². The second kappa shape index (κ2) is 3.29. The van der Waals surface area contributed by atoms with Crippen molar-refractivity contribution in [3.8, 4) is 0 Å². The van der Waals surface area contributed by atoms with E-state index in [-0.39, 0.29) is 16.9 Å². The summed E-state index contributed by atoms with van der Waals surface area (Å²) in [5.41, 5.74) is 0.282. The molecule has 0 spiro atoms. The Labute approximate surface area is 87.1 Å². The molecule has 0 saturated heterocycles. The Hall–Kier alpha value is -0.915. The van der Waals surface area contributed by atoms with E-state index in [1.165, 1.54) is 18.4 Å². The normalized spacial score (nSPS) is 23.5. The average molecular weight is 229 g/mol. The molecule has 15 heavy (non-hydrogen) atoms. The summed E-state index contributed by atoms with van der Waals surface area (Å²) >= 11 is 0. The summed E-state index contributed by atoms with van der Waals surface area (Å²) in [6.07, 6.45) is 1.34. The summed E-state index contributed by atoms with van der Waals surface area (Å²) in [4.78, 5) is 0.00750. The first-order valence-corrected chi connectivity index (χ1v) is 6.21. The Kier molecular flexibility index (Phi) is 2.33. The van der Waals surface area contributed by atoms with Crippen LogP contribution in [0.2, 0.25) is 0 Å². The molecule has 0 radical (unpaired) electrons. The molecule has 1 unspecified atom stereocenters. The molecular formula is C8H9BFNO3S. The Morgan fingerprint density at radius 2 is 2.20 bits per heavy atom. The fraction of sp³-hybridized carbons (Fsp3) is 0.250. The van der Waals surface area contributed by atoms with Gasteiger partial charge < -0.3 is 10.0 Å².